The topological polar surface area (TPSA) is 90.7 Å². The molecule has 0 fully saturated rings. The predicted octanol–water partition coefficient (Wildman–Crippen LogP) is 4.79. The number of Topliss-reactive ketones (excluding diaryl/α,β-unsaturated/α-hetero) is 1. The second-order valence-electron chi connectivity index (χ2n) is 10.4. The van der Waals surface area contributed by atoms with Crippen LogP contribution >= 0.6 is 11.3 Å². The minimum atomic E-state index is -1.15. The summed E-state index contributed by atoms with van der Waals surface area (Å²) in [5.74, 6) is -1.08. The van der Waals surface area contributed by atoms with Crippen molar-refractivity contribution in [1.29, 1.82) is 0 Å². The van der Waals surface area contributed by atoms with E-state index in [9.17, 15) is 19.8 Å². The number of hydrogen-bond donors (Lipinski definition) is 2. The van der Waals surface area contributed by atoms with E-state index >= 15 is 0 Å². The Morgan fingerprint density at radius 1 is 1.24 bits per heavy atom. The lowest BCUT2D eigenvalue weighted by molar-refractivity contribution is -0.145. The normalized spacial score (nSPS) is 31.5. The molecule has 2 N–H and O–H groups in total. The standard InChI is InChI=1S/C27H42N2O4S/c1-17-12-10-8-9-11-13-22(18(2)14-21-16-34-20(4)28-21)29(7)24(31)15-23(30)27(5,6)26(33)19(3)25(17)32/h9,11,14,16-17,19,22-23,25,30,32H,8,10,12-13,15H2,1-7H3/b11-9-,18-14+/t17-,19+,22-,23-,25-/m0/s1. The van der Waals surface area contributed by atoms with Gasteiger partial charge in [-0.3, -0.25) is 9.59 Å². The van der Waals surface area contributed by atoms with Crippen molar-refractivity contribution in [2.45, 2.75) is 91.9 Å². The maximum Gasteiger partial charge on any atom is 0.225 e. The zero-order valence-corrected chi connectivity index (χ0v) is 22.6. The first-order valence-corrected chi connectivity index (χ1v) is 13.2. The van der Waals surface area contributed by atoms with Crippen molar-refractivity contribution in [2.24, 2.45) is 17.3 Å². The Kier molecular flexibility index (Phi) is 10.2. The first kappa shape index (κ1) is 28.4. The zero-order chi connectivity index (χ0) is 25.6. The molecule has 34 heavy (non-hydrogen) atoms. The van der Waals surface area contributed by atoms with Gasteiger partial charge in [0.1, 0.15) is 5.78 Å². The number of aromatic nitrogens is 1. The summed E-state index contributed by atoms with van der Waals surface area (Å²) in [4.78, 5) is 32.6. The second kappa shape index (κ2) is 12.2. The second-order valence-corrected chi connectivity index (χ2v) is 11.5. The van der Waals surface area contributed by atoms with Crippen molar-refractivity contribution < 1.29 is 19.8 Å². The Labute approximate surface area is 208 Å². The van der Waals surface area contributed by atoms with Crippen LogP contribution in [0.3, 0.4) is 0 Å². The molecule has 0 aliphatic carbocycles. The molecule has 1 aromatic rings. The van der Waals surface area contributed by atoms with E-state index in [1.165, 1.54) is 0 Å². The Hall–Kier alpha value is -1.83. The van der Waals surface area contributed by atoms with Crippen LogP contribution in [0, 0.1) is 24.2 Å². The number of carbonyl (C=O) groups is 2. The number of rotatable bonds is 2. The smallest absolute Gasteiger partial charge is 0.225 e. The third kappa shape index (κ3) is 7.09. The van der Waals surface area contributed by atoms with Gasteiger partial charge in [-0.1, -0.05) is 39.8 Å². The van der Waals surface area contributed by atoms with Crippen LogP contribution in [-0.4, -0.2) is 57.1 Å². The molecule has 190 valence electrons. The summed E-state index contributed by atoms with van der Waals surface area (Å²) in [6, 6.07) is -0.177. The molecule has 6 nitrogen and oxygen atoms in total. The van der Waals surface area contributed by atoms with Gasteiger partial charge in [0.05, 0.1) is 40.8 Å². The Morgan fingerprint density at radius 3 is 2.53 bits per heavy atom. The number of carbonyl (C=O) groups excluding carboxylic acids is 2. The van der Waals surface area contributed by atoms with E-state index in [1.54, 1.807) is 44.1 Å². The lowest BCUT2D eigenvalue weighted by atomic mass is 9.73. The summed E-state index contributed by atoms with van der Waals surface area (Å²) in [7, 11) is 1.75. The van der Waals surface area contributed by atoms with Gasteiger partial charge in [-0.2, -0.15) is 0 Å². The molecule has 2 rings (SSSR count). The Morgan fingerprint density at radius 2 is 1.91 bits per heavy atom. The molecule has 2 heterocycles. The lowest BCUT2D eigenvalue weighted by Gasteiger charge is -2.36. The van der Waals surface area contributed by atoms with Crippen LogP contribution in [0.5, 0.6) is 0 Å². The summed E-state index contributed by atoms with van der Waals surface area (Å²) in [5.41, 5.74) is 0.749. The number of aliphatic hydroxyl groups is 2. The van der Waals surface area contributed by atoms with Gasteiger partial charge in [0.25, 0.3) is 0 Å². The monoisotopic (exact) mass is 490 g/mol. The third-order valence-electron chi connectivity index (χ3n) is 7.30. The molecule has 0 spiro atoms. The van der Waals surface area contributed by atoms with Crippen molar-refractivity contribution >= 4 is 29.1 Å². The van der Waals surface area contributed by atoms with Gasteiger partial charge in [0, 0.05) is 18.3 Å². The summed E-state index contributed by atoms with van der Waals surface area (Å²) in [6.45, 7) is 11.0. The lowest BCUT2D eigenvalue weighted by Crippen LogP contribution is -2.47. The van der Waals surface area contributed by atoms with E-state index in [0.717, 1.165) is 35.5 Å². The van der Waals surface area contributed by atoms with E-state index in [4.69, 9.17) is 0 Å². The largest absolute Gasteiger partial charge is 0.392 e. The minimum absolute atomic E-state index is 0.0274. The molecule has 0 unspecified atom stereocenters. The highest BCUT2D eigenvalue weighted by molar-refractivity contribution is 7.09. The van der Waals surface area contributed by atoms with E-state index < -0.39 is 23.5 Å². The van der Waals surface area contributed by atoms with Crippen LogP contribution in [0.25, 0.3) is 6.08 Å². The highest BCUT2D eigenvalue weighted by atomic mass is 32.1. The maximum absolute atomic E-state index is 13.2. The van der Waals surface area contributed by atoms with Crippen molar-refractivity contribution in [1.82, 2.24) is 9.88 Å². The number of thiazole rings is 1. The molecule has 1 amide bonds. The fraction of sp³-hybridized carbons (Fsp3) is 0.667. The van der Waals surface area contributed by atoms with Gasteiger partial charge in [-0.25, -0.2) is 4.98 Å². The predicted molar refractivity (Wildman–Crippen MR) is 138 cm³/mol. The number of nitrogens with zero attached hydrogens (tertiary/aromatic N) is 2. The van der Waals surface area contributed by atoms with Crippen LogP contribution in [0.15, 0.2) is 23.1 Å². The molecule has 1 aliphatic heterocycles. The van der Waals surface area contributed by atoms with Crippen molar-refractivity contribution in [3.05, 3.63) is 33.8 Å². The highest BCUT2D eigenvalue weighted by Gasteiger charge is 2.42. The number of ketones is 1. The van der Waals surface area contributed by atoms with Gasteiger partial charge in [-0.05, 0) is 57.1 Å². The molecule has 7 heteroatoms. The van der Waals surface area contributed by atoms with E-state index in [2.05, 4.69) is 17.1 Å². The minimum Gasteiger partial charge on any atom is -0.392 e. The molecule has 0 saturated heterocycles. The van der Waals surface area contributed by atoms with Gasteiger partial charge in [0.2, 0.25) is 5.91 Å². The van der Waals surface area contributed by atoms with Crippen LogP contribution in [0.2, 0.25) is 0 Å². The van der Waals surface area contributed by atoms with Gasteiger partial charge in [0.15, 0.2) is 0 Å². The summed E-state index contributed by atoms with van der Waals surface area (Å²) in [6.07, 6.45) is 7.43. The number of amides is 1. The van der Waals surface area contributed by atoms with Gasteiger partial charge in [-0.15, -0.1) is 11.3 Å². The summed E-state index contributed by atoms with van der Waals surface area (Å²) >= 11 is 1.59. The average molecular weight is 491 g/mol. The fourth-order valence-electron chi connectivity index (χ4n) is 4.63. The highest BCUT2D eigenvalue weighted by Crippen LogP contribution is 2.32. The van der Waals surface area contributed by atoms with Crippen LogP contribution in [0.4, 0.5) is 0 Å². The first-order valence-electron chi connectivity index (χ1n) is 12.3. The van der Waals surface area contributed by atoms with E-state index in [-0.39, 0.29) is 30.1 Å². The molecular formula is C27H42N2O4S. The number of allylic oxidation sites excluding steroid dienone is 1. The first-order chi connectivity index (χ1) is 15.9. The van der Waals surface area contributed by atoms with Crippen LogP contribution in [0.1, 0.15) is 77.4 Å². The van der Waals surface area contributed by atoms with Crippen molar-refractivity contribution in [3.63, 3.8) is 0 Å². The third-order valence-corrected chi connectivity index (χ3v) is 8.09. The van der Waals surface area contributed by atoms with Crippen molar-refractivity contribution in [3.8, 4) is 0 Å². The average Bonchev–Trinajstić information content (AvgIpc) is 3.19. The molecule has 5 atom stereocenters. The molecule has 0 saturated carbocycles. The number of likely N-dealkylation sites (N-methyl/N-ethyl adjacent to an activating group) is 1. The molecule has 1 aliphatic rings. The summed E-state index contributed by atoms with van der Waals surface area (Å²) < 4.78 is 0. The van der Waals surface area contributed by atoms with Gasteiger partial charge >= 0.3 is 0 Å². The number of hydrogen-bond acceptors (Lipinski definition) is 6. The van der Waals surface area contributed by atoms with Crippen LogP contribution in [-0.2, 0) is 9.59 Å². The number of aliphatic hydroxyl groups excluding tert-OH is 2. The molecule has 1 aromatic heterocycles. The fourth-order valence-corrected chi connectivity index (χ4v) is 5.20. The molecule has 0 bridgehead atoms. The molecule has 0 radical (unpaired) electrons. The SMILES string of the molecule is C/C(=C\c1csc(C)n1)[C@@H]1C/C=C\CCC[C@H](C)[C@H](O)[C@@H](C)C(=O)C(C)(C)[C@@H](O)CC(=O)N1C. The van der Waals surface area contributed by atoms with Crippen molar-refractivity contribution in [2.75, 3.05) is 7.05 Å². The van der Waals surface area contributed by atoms with Gasteiger partial charge < -0.3 is 15.1 Å². The number of aryl methyl sites for hydroxylation is 1. The van der Waals surface area contributed by atoms with E-state index in [0.29, 0.717) is 6.42 Å². The Bertz CT molecular complexity index is 904. The van der Waals surface area contributed by atoms with E-state index in [1.807, 2.05) is 32.2 Å². The molecule has 0 aromatic carbocycles. The summed E-state index contributed by atoms with van der Waals surface area (Å²) in [5, 5.41) is 24.7. The maximum atomic E-state index is 13.2. The van der Waals surface area contributed by atoms with Crippen LogP contribution < -0.4 is 0 Å². The quantitative estimate of drug-likeness (QED) is 0.582. The molecular weight excluding hydrogens is 448 g/mol. The zero-order valence-electron chi connectivity index (χ0n) is 21.7. The Balaban J connectivity index is 2.35.